The molecule has 1 aromatic heterocycles. The van der Waals surface area contributed by atoms with E-state index in [0.29, 0.717) is 60.7 Å². The minimum Gasteiger partial charge on any atom is -0.343 e. The van der Waals surface area contributed by atoms with Gasteiger partial charge in [0.1, 0.15) is 5.82 Å². The maximum absolute atomic E-state index is 13.6. The van der Waals surface area contributed by atoms with E-state index in [4.69, 9.17) is 4.98 Å². The molecule has 1 saturated heterocycles. The fourth-order valence-corrected chi connectivity index (χ4v) is 4.71. The van der Waals surface area contributed by atoms with Crippen LogP contribution in [0.15, 0.2) is 42.5 Å². The molecule has 1 aliphatic rings. The summed E-state index contributed by atoms with van der Waals surface area (Å²) in [7, 11) is -1.69. The fraction of sp³-hybridized carbons (Fsp3) is 0.348. The third kappa shape index (κ3) is 4.70. The lowest BCUT2D eigenvalue weighted by atomic mass is 10.1. The van der Waals surface area contributed by atoms with Crippen LogP contribution < -0.4 is 4.72 Å². The van der Waals surface area contributed by atoms with Crippen LogP contribution in [0.1, 0.15) is 23.7 Å². The van der Waals surface area contributed by atoms with Crippen LogP contribution in [0.2, 0.25) is 0 Å². The summed E-state index contributed by atoms with van der Waals surface area (Å²) in [5.74, 6) is 0.380. The molecule has 1 N–H and O–H groups in total. The second kappa shape index (κ2) is 9.22. The predicted octanol–water partition coefficient (Wildman–Crippen LogP) is 2.31. The predicted molar refractivity (Wildman–Crippen MR) is 127 cm³/mol. The largest absolute Gasteiger partial charge is 0.343 e. The Morgan fingerprint density at radius 2 is 1.88 bits per heavy atom. The first kappa shape index (κ1) is 22.8. The molecule has 4 rings (SSSR count). The number of amides is 2. The number of imidazole rings is 1. The number of nitrogens with one attached hydrogen (secondary N) is 1. The molecular weight excluding hydrogens is 442 g/mol. The van der Waals surface area contributed by atoms with E-state index in [9.17, 15) is 18.0 Å². The van der Waals surface area contributed by atoms with Crippen LogP contribution in [0, 0.1) is 0 Å². The number of carbonyl (C=O) groups is 2. The Morgan fingerprint density at radius 1 is 1.12 bits per heavy atom. The van der Waals surface area contributed by atoms with E-state index in [1.165, 1.54) is 0 Å². The molecule has 0 atom stereocenters. The lowest BCUT2D eigenvalue weighted by molar-refractivity contribution is -0.118. The van der Waals surface area contributed by atoms with E-state index in [2.05, 4.69) is 4.72 Å². The number of rotatable bonds is 6. The Balaban J connectivity index is 1.84. The van der Waals surface area contributed by atoms with Crippen molar-refractivity contribution >= 4 is 39.1 Å². The first-order valence-electron chi connectivity index (χ1n) is 10.9. The zero-order chi connectivity index (χ0) is 23.6. The highest BCUT2D eigenvalue weighted by Gasteiger charge is 2.25. The monoisotopic (exact) mass is 469 g/mol. The number of benzene rings is 2. The van der Waals surface area contributed by atoms with Crippen LogP contribution in [0.5, 0.6) is 0 Å². The van der Waals surface area contributed by atoms with Crippen LogP contribution >= 0.6 is 0 Å². The molecule has 0 saturated carbocycles. The van der Waals surface area contributed by atoms with Gasteiger partial charge in [-0.1, -0.05) is 30.3 Å². The minimum absolute atomic E-state index is 0.0839. The van der Waals surface area contributed by atoms with Crippen molar-refractivity contribution in [2.75, 3.05) is 36.7 Å². The summed E-state index contributed by atoms with van der Waals surface area (Å²) in [5, 5.41) is 0. The van der Waals surface area contributed by atoms with Gasteiger partial charge < -0.3 is 14.4 Å². The number of carbonyl (C=O) groups excluding carboxylic acids is 2. The van der Waals surface area contributed by atoms with Gasteiger partial charge in [0, 0.05) is 38.8 Å². The number of aryl methyl sites for hydroxylation is 1. The highest BCUT2D eigenvalue weighted by Crippen LogP contribution is 2.30. The van der Waals surface area contributed by atoms with Crippen molar-refractivity contribution in [2.45, 2.75) is 13.3 Å². The maximum atomic E-state index is 13.6. The topological polar surface area (TPSA) is 105 Å². The van der Waals surface area contributed by atoms with Gasteiger partial charge in [-0.3, -0.25) is 14.3 Å². The first-order valence-corrected chi connectivity index (χ1v) is 12.5. The molecule has 2 heterocycles. The summed E-state index contributed by atoms with van der Waals surface area (Å²) in [6.45, 7) is 3.54. The molecule has 3 aromatic rings. The second-order valence-corrected chi connectivity index (χ2v) is 10.1. The zero-order valence-corrected chi connectivity index (χ0v) is 19.5. The number of aromatic nitrogens is 2. The van der Waals surface area contributed by atoms with Gasteiger partial charge in [0.25, 0.3) is 5.91 Å². The molecule has 0 unspecified atom stereocenters. The number of fused-ring (bicyclic) bond motifs is 1. The van der Waals surface area contributed by atoms with Crippen molar-refractivity contribution in [1.29, 1.82) is 0 Å². The van der Waals surface area contributed by atoms with Gasteiger partial charge >= 0.3 is 0 Å². The molecule has 0 bridgehead atoms. The summed E-state index contributed by atoms with van der Waals surface area (Å²) < 4.78 is 28.9. The van der Waals surface area contributed by atoms with Gasteiger partial charge in [-0.05, 0) is 25.5 Å². The third-order valence-corrected chi connectivity index (χ3v) is 7.16. The Bertz CT molecular complexity index is 1290. The molecule has 33 heavy (non-hydrogen) atoms. The molecule has 9 nitrogen and oxygen atoms in total. The summed E-state index contributed by atoms with van der Waals surface area (Å²) in [5.41, 5.74) is 2.73. The smallest absolute Gasteiger partial charge is 0.256 e. The van der Waals surface area contributed by atoms with Crippen molar-refractivity contribution in [3.05, 3.63) is 48.0 Å². The van der Waals surface area contributed by atoms with E-state index in [0.717, 1.165) is 12.0 Å². The molecule has 1 fully saturated rings. The number of anilines is 1. The van der Waals surface area contributed by atoms with E-state index in [-0.39, 0.29) is 11.7 Å². The van der Waals surface area contributed by atoms with Gasteiger partial charge in [-0.15, -0.1) is 0 Å². The van der Waals surface area contributed by atoms with Crippen molar-refractivity contribution in [3.8, 4) is 11.4 Å². The van der Waals surface area contributed by atoms with Crippen molar-refractivity contribution in [1.82, 2.24) is 19.4 Å². The lowest BCUT2D eigenvalue weighted by Gasteiger charge is -2.21. The highest BCUT2D eigenvalue weighted by molar-refractivity contribution is 7.92. The average molecular weight is 470 g/mol. The van der Waals surface area contributed by atoms with Gasteiger partial charge in [0.05, 0.1) is 28.0 Å². The van der Waals surface area contributed by atoms with E-state index in [1.54, 1.807) is 28.9 Å². The van der Waals surface area contributed by atoms with E-state index < -0.39 is 10.0 Å². The van der Waals surface area contributed by atoms with Gasteiger partial charge in [-0.25, -0.2) is 13.4 Å². The molecule has 2 amide bonds. The summed E-state index contributed by atoms with van der Waals surface area (Å²) in [6.07, 6.45) is 1.48. The Morgan fingerprint density at radius 3 is 2.58 bits per heavy atom. The first-order chi connectivity index (χ1) is 15.8. The fourth-order valence-electron chi connectivity index (χ4n) is 4.09. The third-order valence-electron chi connectivity index (χ3n) is 5.85. The number of hydrogen-bond donors (Lipinski definition) is 1. The molecule has 2 aromatic carbocycles. The minimum atomic E-state index is -3.54. The van der Waals surface area contributed by atoms with Crippen molar-refractivity contribution in [3.63, 3.8) is 0 Å². The van der Waals surface area contributed by atoms with Crippen LogP contribution in [-0.4, -0.2) is 72.0 Å². The van der Waals surface area contributed by atoms with Crippen LogP contribution in [0.4, 0.5) is 5.69 Å². The highest BCUT2D eigenvalue weighted by atomic mass is 32.2. The van der Waals surface area contributed by atoms with E-state index >= 15 is 0 Å². The quantitative estimate of drug-likeness (QED) is 0.558. The number of nitrogens with zero attached hydrogens (tertiary/aromatic N) is 4. The SMILES string of the molecule is CCS(=O)(=O)Nc1cc(C(=O)N2CCCN(C=O)CC2)c2c(c1)nc(-c1ccccc1)n2C. The van der Waals surface area contributed by atoms with Gasteiger partial charge in [0.2, 0.25) is 16.4 Å². The Kier molecular flexibility index (Phi) is 6.37. The molecule has 174 valence electrons. The zero-order valence-electron chi connectivity index (χ0n) is 18.7. The molecular formula is C23H27N5O4S. The maximum Gasteiger partial charge on any atom is 0.256 e. The van der Waals surface area contributed by atoms with Gasteiger partial charge in [0.15, 0.2) is 0 Å². The number of hydrogen-bond acceptors (Lipinski definition) is 5. The summed E-state index contributed by atoms with van der Waals surface area (Å²) in [4.78, 5) is 32.9. The molecule has 1 aliphatic heterocycles. The average Bonchev–Trinajstić information content (AvgIpc) is 2.99. The Hall–Kier alpha value is -3.40. The molecule has 0 spiro atoms. The van der Waals surface area contributed by atoms with E-state index in [1.807, 2.05) is 41.9 Å². The van der Waals surface area contributed by atoms with Crippen LogP contribution in [0.3, 0.4) is 0 Å². The number of sulfonamides is 1. The lowest BCUT2D eigenvalue weighted by Crippen LogP contribution is -2.35. The standard InChI is InChI=1S/C23H27N5O4S/c1-3-33(31,32)25-18-14-19(23(30)28-11-7-10-27(16-29)12-13-28)21-20(15-18)24-22(26(21)2)17-8-5-4-6-9-17/h4-6,8-9,14-16,25H,3,7,10-13H2,1-2H3. The molecule has 0 aliphatic carbocycles. The second-order valence-electron chi connectivity index (χ2n) is 8.04. The van der Waals surface area contributed by atoms with Crippen LogP contribution in [0.25, 0.3) is 22.4 Å². The molecule has 10 heteroatoms. The Labute approximate surface area is 193 Å². The normalized spacial score (nSPS) is 14.8. The van der Waals surface area contributed by atoms with Crippen LogP contribution in [-0.2, 0) is 21.9 Å². The van der Waals surface area contributed by atoms with Crippen molar-refractivity contribution in [2.24, 2.45) is 7.05 Å². The summed E-state index contributed by atoms with van der Waals surface area (Å²) >= 11 is 0. The van der Waals surface area contributed by atoms with Crippen molar-refractivity contribution < 1.29 is 18.0 Å². The van der Waals surface area contributed by atoms with Gasteiger partial charge in [-0.2, -0.15) is 0 Å². The summed E-state index contributed by atoms with van der Waals surface area (Å²) in [6, 6.07) is 12.9. The molecule has 0 radical (unpaired) electrons.